The molecule has 1 amide bonds. The van der Waals surface area contributed by atoms with Gasteiger partial charge in [0.2, 0.25) is 0 Å². The molecular formula is C13H14N2O6. The number of phenolic OH excluding ortho intramolecular Hbond substituents is 1. The topological polar surface area (TPSA) is 121 Å². The summed E-state index contributed by atoms with van der Waals surface area (Å²) in [5, 5.41) is 29.3. The zero-order chi connectivity index (χ0) is 15.8. The molecule has 1 aliphatic heterocycles. The van der Waals surface area contributed by atoms with E-state index >= 15 is 0 Å². The van der Waals surface area contributed by atoms with Gasteiger partial charge in [0, 0.05) is 24.7 Å². The average Bonchev–Trinajstić information content (AvgIpc) is 2.81. The molecule has 0 radical (unpaired) electrons. The maximum absolute atomic E-state index is 12.2. The van der Waals surface area contributed by atoms with Crippen molar-refractivity contribution in [1.29, 1.82) is 0 Å². The second kappa shape index (κ2) is 5.04. The average molecular weight is 294 g/mol. The number of carbonyl (C=O) groups excluding carboxylic acids is 1. The van der Waals surface area contributed by atoms with E-state index in [0.717, 1.165) is 12.1 Å². The van der Waals surface area contributed by atoms with Gasteiger partial charge in [0.05, 0.1) is 10.3 Å². The predicted octanol–water partition coefficient (Wildman–Crippen LogP) is 1.24. The van der Waals surface area contributed by atoms with Crippen LogP contribution in [0.4, 0.5) is 5.69 Å². The van der Waals surface area contributed by atoms with E-state index in [4.69, 9.17) is 5.11 Å². The van der Waals surface area contributed by atoms with Crippen LogP contribution >= 0.6 is 0 Å². The standard InChI is InChI=1S/C13H14N2O6/c1-13(12(18)19)4-5-14(7-13)11(17)8-2-3-9(15(20)21)10(16)6-8/h2-3,6,16H,4-5,7H2,1H3,(H,18,19). The Morgan fingerprint density at radius 2 is 2.10 bits per heavy atom. The molecule has 0 aliphatic carbocycles. The van der Waals surface area contributed by atoms with E-state index < -0.39 is 33.7 Å². The van der Waals surface area contributed by atoms with Gasteiger partial charge in [0.25, 0.3) is 5.91 Å². The van der Waals surface area contributed by atoms with Gasteiger partial charge in [0.1, 0.15) is 0 Å². The van der Waals surface area contributed by atoms with Gasteiger partial charge in [-0.15, -0.1) is 0 Å². The van der Waals surface area contributed by atoms with E-state index in [9.17, 15) is 24.8 Å². The number of hydrogen-bond donors (Lipinski definition) is 2. The van der Waals surface area contributed by atoms with E-state index in [-0.39, 0.29) is 12.1 Å². The van der Waals surface area contributed by atoms with Crippen molar-refractivity contribution in [2.75, 3.05) is 13.1 Å². The highest BCUT2D eigenvalue weighted by Gasteiger charge is 2.42. The van der Waals surface area contributed by atoms with Crippen molar-refractivity contribution in [3.8, 4) is 5.75 Å². The van der Waals surface area contributed by atoms with Gasteiger partial charge in [0.15, 0.2) is 5.75 Å². The van der Waals surface area contributed by atoms with E-state index in [1.807, 2.05) is 0 Å². The van der Waals surface area contributed by atoms with E-state index in [2.05, 4.69) is 0 Å². The number of phenols is 1. The van der Waals surface area contributed by atoms with Crippen LogP contribution in [0.1, 0.15) is 23.7 Å². The first-order chi connectivity index (χ1) is 9.74. The molecule has 8 heteroatoms. The number of carbonyl (C=O) groups is 2. The van der Waals surface area contributed by atoms with Crippen LogP contribution in [-0.4, -0.2) is 45.0 Å². The van der Waals surface area contributed by atoms with Crippen LogP contribution in [0.25, 0.3) is 0 Å². The first-order valence-corrected chi connectivity index (χ1v) is 6.25. The Balaban J connectivity index is 2.20. The van der Waals surface area contributed by atoms with Gasteiger partial charge in [-0.05, 0) is 25.5 Å². The first kappa shape index (κ1) is 14.8. The molecule has 1 atom stereocenters. The number of hydrogen-bond acceptors (Lipinski definition) is 5. The molecule has 2 rings (SSSR count). The van der Waals surface area contributed by atoms with Gasteiger partial charge >= 0.3 is 11.7 Å². The van der Waals surface area contributed by atoms with Crippen molar-refractivity contribution in [3.63, 3.8) is 0 Å². The number of carboxylic acids is 1. The summed E-state index contributed by atoms with van der Waals surface area (Å²) in [6.07, 6.45) is 0.340. The maximum Gasteiger partial charge on any atom is 0.311 e. The molecule has 1 aromatic carbocycles. The molecule has 1 aromatic rings. The fourth-order valence-corrected chi connectivity index (χ4v) is 2.30. The number of likely N-dealkylation sites (tertiary alicyclic amines) is 1. The number of aliphatic carboxylic acids is 1. The summed E-state index contributed by atoms with van der Waals surface area (Å²) in [6, 6.07) is 3.32. The molecule has 2 N–H and O–H groups in total. The molecule has 1 unspecified atom stereocenters. The summed E-state index contributed by atoms with van der Waals surface area (Å²) in [7, 11) is 0. The lowest BCUT2D eigenvalue weighted by Gasteiger charge is -2.20. The monoisotopic (exact) mass is 294 g/mol. The fraction of sp³-hybridized carbons (Fsp3) is 0.385. The Hall–Kier alpha value is -2.64. The maximum atomic E-state index is 12.2. The van der Waals surface area contributed by atoms with Crippen molar-refractivity contribution in [3.05, 3.63) is 33.9 Å². The largest absolute Gasteiger partial charge is 0.502 e. The van der Waals surface area contributed by atoms with Crippen molar-refractivity contribution >= 4 is 17.6 Å². The number of carboxylic acid groups (broad SMARTS) is 1. The summed E-state index contributed by atoms with van der Waals surface area (Å²) in [6.45, 7) is 1.92. The number of nitrogens with zero attached hydrogens (tertiary/aromatic N) is 2. The Kier molecular flexibility index (Phi) is 3.54. The third-order valence-electron chi connectivity index (χ3n) is 3.70. The summed E-state index contributed by atoms with van der Waals surface area (Å²) in [4.78, 5) is 34.6. The Labute approximate surface area is 119 Å². The van der Waals surface area contributed by atoms with Gasteiger partial charge < -0.3 is 15.1 Å². The number of aromatic hydroxyl groups is 1. The molecular weight excluding hydrogens is 280 g/mol. The van der Waals surface area contributed by atoms with Crippen LogP contribution in [0.5, 0.6) is 5.75 Å². The molecule has 1 heterocycles. The molecule has 0 bridgehead atoms. The van der Waals surface area contributed by atoms with Crippen LogP contribution < -0.4 is 0 Å². The lowest BCUT2D eigenvalue weighted by atomic mass is 9.90. The summed E-state index contributed by atoms with van der Waals surface area (Å²) < 4.78 is 0. The quantitative estimate of drug-likeness (QED) is 0.639. The van der Waals surface area contributed by atoms with E-state index in [1.54, 1.807) is 6.92 Å². The minimum Gasteiger partial charge on any atom is -0.502 e. The van der Waals surface area contributed by atoms with Gasteiger partial charge in [-0.3, -0.25) is 19.7 Å². The Bertz CT molecular complexity index is 629. The molecule has 8 nitrogen and oxygen atoms in total. The molecule has 0 saturated carbocycles. The van der Waals surface area contributed by atoms with Gasteiger partial charge in [-0.2, -0.15) is 0 Å². The van der Waals surface area contributed by atoms with Crippen molar-refractivity contribution in [2.45, 2.75) is 13.3 Å². The molecule has 0 spiro atoms. The fourth-order valence-electron chi connectivity index (χ4n) is 2.30. The number of nitro groups is 1. The molecule has 112 valence electrons. The second-order valence-electron chi connectivity index (χ2n) is 5.30. The summed E-state index contributed by atoms with van der Waals surface area (Å²) in [5.74, 6) is -2.01. The Morgan fingerprint density at radius 1 is 1.43 bits per heavy atom. The third-order valence-corrected chi connectivity index (χ3v) is 3.70. The highest BCUT2D eigenvalue weighted by Crippen LogP contribution is 2.32. The first-order valence-electron chi connectivity index (χ1n) is 6.25. The molecule has 21 heavy (non-hydrogen) atoms. The van der Waals surface area contributed by atoms with Crippen LogP contribution in [0.3, 0.4) is 0 Å². The van der Waals surface area contributed by atoms with Crippen molar-refractivity contribution in [2.24, 2.45) is 5.41 Å². The zero-order valence-electron chi connectivity index (χ0n) is 11.3. The van der Waals surface area contributed by atoms with Crippen LogP contribution in [-0.2, 0) is 4.79 Å². The summed E-state index contributed by atoms with van der Waals surface area (Å²) in [5.41, 5.74) is -1.38. The molecule has 1 aliphatic rings. The SMILES string of the molecule is CC1(C(=O)O)CCN(C(=O)c2ccc([N+](=O)[O-])c(O)c2)C1. The number of amides is 1. The van der Waals surface area contributed by atoms with Crippen LogP contribution in [0, 0.1) is 15.5 Å². The van der Waals surface area contributed by atoms with Gasteiger partial charge in [-0.25, -0.2) is 0 Å². The van der Waals surface area contributed by atoms with Crippen molar-refractivity contribution in [1.82, 2.24) is 4.90 Å². The Morgan fingerprint density at radius 3 is 2.57 bits per heavy atom. The number of benzene rings is 1. The smallest absolute Gasteiger partial charge is 0.311 e. The lowest BCUT2D eigenvalue weighted by molar-refractivity contribution is -0.385. The normalized spacial score (nSPS) is 21.3. The predicted molar refractivity (Wildman–Crippen MR) is 71.0 cm³/mol. The van der Waals surface area contributed by atoms with Crippen molar-refractivity contribution < 1.29 is 24.7 Å². The van der Waals surface area contributed by atoms with Crippen LogP contribution in [0.15, 0.2) is 18.2 Å². The van der Waals surface area contributed by atoms with E-state index in [0.29, 0.717) is 13.0 Å². The van der Waals surface area contributed by atoms with Crippen LogP contribution in [0.2, 0.25) is 0 Å². The highest BCUT2D eigenvalue weighted by molar-refractivity contribution is 5.95. The lowest BCUT2D eigenvalue weighted by Crippen LogP contribution is -2.34. The second-order valence-corrected chi connectivity index (χ2v) is 5.30. The minimum atomic E-state index is -0.988. The minimum absolute atomic E-state index is 0.0684. The number of nitro benzene ring substituents is 1. The molecule has 0 aromatic heterocycles. The number of rotatable bonds is 3. The molecule has 1 fully saturated rings. The third kappa shape index (κ3) is 2.64. The van der Waals surface area contributed by atoms with E-state index in [1.165, 1.54) is 11.0 Å². The molecule has 1 saturated heterocycles. The van der Waals surface area contributed by atoms with Gasteiger partial charge in [-0.1, -0.05) is 0 Å². The summed E-state index contributed by atoms with van der Waals surface area (Å²) >= 11 is 0. The zero-order valence-corrected chi connectivity index (χ0v) is 11.3. The highest BCUT2D eigenvalue weighted by atomic mass is 16.6.